The van der Waals surface area contributed by atoms with Crippen LogP contribution in [-0.4, -0.2) is 26.5 Å². The van der Waals surface area contributed by atoms with Gasteiger partial charge in [-0.25, -0.2) is 4.98 Å². The van der Waals surface area contributed by atoms with E-state index in [4.69, 9.17) is 11.6 Å². The van der Waals surface area contributed by atoms with Crippen molar-refractivity contribution in [2.75, 3.05) is 10.6 Å². The highest BCUT2D eigenvalue weighted by atomic mass is 35.5. The molecule has 0 saturated carbocycles. The Morgan fingerprint density at radius 2 is 1.91 bits per heavy atom. The summed E-state index contributed by atoms with van der Waals surface area (Å²) < 4.78 is 1.94. The first-order valence-corrected chi connectivity index (χ1v) is 11.3. The van der Waals surface area contributed by atoms with E-state index in [-0.39, 0.29) is 12.3 Å². The number of fused-ring (bicyclic) bond motifs is 1. The van der Waals surface area contributed by atoms with E-state index in [0.717, 1.165) is 22.6 Å². The molecule has 1 aliphatic heterocycles. The molecule has 1 aromatic heterocycles. The van der Waals surface area contributed by atoms with E-state index in [1.807, 2.05) is 48.1 Å². The van der Waals surface area contributed by atoms with E-state index in [9.17, 15) is 14.7 Å². The number of aliphatic carboxylic acids is 1. The molecule has 35 heavy (non-hydrogen) atoms. The van der Waals surface area contributed by atoms with Crippen LogP contribution >= 0.6 is 11.6 Å². The number of benzene rings is 3. The first-order chi connectivity index (χ1) is 16.9. The molecule has 4 aromatic rings. The molecule has 3 aromatic carbocycles. The molecule has 0 unspecified atom stereocenters. The first-order valence-electron chi connectivity index (χ1n) is 10.9. The van der Waals surface area contributed by atoms with Gasteiger partial charge in [0.05, 0.1) is 23.4 Å². The van der Waals surface area contributed by atoms with Gasteiger partial charge in [0.2, 0.25) is 0 Å². The summed E-state index contributed by atoms with van der Waals surface area (Å²) in [7, 11) is 1.93. The van der Waals surface area contributed by atoms with Crippen molar-refractivity contribution in [3.05, 3.63) is 101 Å². The van der Waals surface area contributed by atoms with Crippen molar-refractivity contribution in [3.63, 3.8) is 0 Å². The standard InChI is InChI=1S/C27H21ClN4O3/c1-32-12-11-29-26(32)17-5-8-20(9-6-17)30-25(18-4-2-3-16(13-18)14-23(33)34)24-21-10-7-19(28)15-22(21)31-27(24)35/h2-13,15,30H,14H2,1H3,(H,31,35)(H,33,34)/b25-24-. The van der Waals surface area contributed by atoms with Crippen LogP contribution in [0.2, 0.25) is 5.02 Å². The van der Waals surface area contributed by atoms with Crippen molar-refractivity contribution in [2.45, 2.75) is 6.42 Å². The summed E-state index contributed by atoms with van der Waals surface area (Å²) in [4.78, 5) is 28.8. The summed E-state index contributed by atoms with van der Waals surface area (Å²) in [5.41, 5.74) is 5.43. The molecule has 0 atom stereocenters. The van der Waals surface area contributed by atoms with Gasteiger partial charge in [-0.15, -0.1) is 0 Å². The number of nitrogens with one attached hydrogen (secondary N) is 2. The first kappa shape index (κ1) is 22.4. The van der Waals surface area contributed by atoms with E-state index in [1.165, 1.54) is 0 Å². The van der Waals surface area contributed by atoms with Crippen LogP contribution in [0.4, 0.5) is 11.4 Å². The lowest BCUT2D eigenvalue weighted by Crippen LogP contribution is -2.10. The number of rotatable bonds is 6. The Morgan fingerprint density at radius 1 is 1.11 bits per heavy atom. The molecule has 7 nitrogen and oxygen atoms in total. The Hall–Kier alpha value is -4.36. The molecule has 3 N–H and O–H groups in total. The highest BCUT2D eigenvalue weighted by Gasteiger charge is 2.28. The highest BCUT2D eigenvalue weighted by molar-refractivity contribution is 6.38. The maximum Gasteiger partial charge on any atom is 0.307 e. The zero-order valence-electron chi connectivity index (χ0n) is 18.7. The molecule has 1 amide bonds. The summed E-state index contributed by atoms with van der Waals surface area (Å²) in [6.07, 6.45) is 3.51. The van der Waals surface area contributed by atoms with E-state index < -0.39 is 5.97 Å². The van der Waals surface area contributed by atoms with E-state index in [1.54, 1.807) is 42.6 Å². The van der Waals surface area contributed by atoms with Gasteiger partial charge in [-0.1, -0.05) is 35.9 Å². The number of aromatic nitrogens is 2. The number of carboxylic acids is 1. The Bertz CT molecular complexity index is 1490. The molecular weight excluding hydrogens is 464 g/mol. The minimum atomic E-state index is -0.923. The predicted octanol–water partition coefficient (Wildman–Crippen LogP) is 5.30. The molecule has 0 aliphatic carbocycles. The van der Waals surface area contributed by atoms with Crippen LogP contribution < -0.4 is 10.6 Å². The predicted molar refractivity (Wildman–Crippen MR) is 137 cm³/mol. The van der Waals surface area contributed by atoms with Gasteiger partial charge in [0.1, 0.15) is 5.82 Å². The largest absolute Gasteiger partial charge is 0.481 e. The maximum absolute atomic E-state index is 13.1. The molecule has 174 valence electrons. The quantitative estimate of drug-likeness (QED) is 0.323. The third kappa shape index (κ3) is 4.54. The van der Waals surface area contributed by atoms with Crippen LogP contribution in [0.25, 0.3) is 22.7 Å². The number of nitrogens with zero attached hydrogens (tertiary/aromatic N) is 2. The molecular formula is C27H21ClN4O3. The van der Waals surface area contributed by atoms with Gasteiger partial charge >= 0.3 is 5.97 Å². The highest BCUT2D eigenvalue weighted by Crippen LogP contribution is 2.39. The summed E-state index contributed by atoms with van der Waals surface area (Å²) >= 11 is 6.14. The third-order valence-corrected chi connectivity index (χ3v) is 6.02. The molecule has 0 spiro atoms. The average Bonchev–Trinajstić information content (AvgIpc) is 3.39. The van der Waals surface area contributed by atoms with Gasteiger partial charge in [-0.2, -0.15) is 0 Å². The smallest absolute Gasteiger partial charge is 0.307 e. The van der Waals surface area contributed by atoms with Gasteiger partial charge in [0, 0.05) is 41.3 Å². The van der Waals surface area contributed by atoms with Gasteiger partial charge in [-0.3, -0.25) is 9.59 Å². The lowest BCUT2D eigenvalue weighted by molar-refractivity contribution is -0.136. The number of imidazole rings is 1. The van der Waals surface area contributed by atoms with Crippen LogP contribution in [0, 0.1) is 0 Å². The monoisotopic (exact) mass is 484 g/mol. The third-order valence-electron chi connectivity index (χ3n) is 5.78. The Morgan fingerprint density at radius 3 is 2.63 bits per heavy atom. The maximum atomic E-state index is 13.1. The summed E-state index contributed by atoms with van der Waals surface area (Å²) in [6, 6.07) is 20.2. The fraction of sp³-hybridized carbons (Fsp3) is 0.0741. The van der Waals surface area contributed by atoms with Gasteiger partial charge in [0.25, 0.3) is 5.91 Å². The number of hydrogen-bond donors (Lipinski definition) is 3. The SMILES string of the molecule is Cn1ccnc1-c1ccc(N/C(=C2\C(=O)Nc3cc(Cl)ccc32)c2cccc(CC(=O)O)c2)cc1. The molecule has 8 heteroatoms. The summed E-state index contributed by atoms with van der Waals surface area (Å²) in [5, 5.41) is 16.1. The number of carbonyl (C=O) groups is 2. The lowest BCUT2D eigenvalue weighted by Gasteiger charge is -2.16. The van der Waals surface area contributed by atoms with Crippen molar-refractivity contribution in [1.82, 2.24) is 9.55 Å². The number of carboxylic acid groups (broad SMARTS) is 1. The van der Waals surface area contributed by atoms with Crippen molar-refractivity contribution in [1.29, 1.82) is 0 Å². The van der Waals surface area contributed by atoms with E-state index in [2.05, 4.69) is 15.6 Å². The fourth-order valence-electron chi connectivity index (χ4n) is 4.17. The minimum absolute atomic E-state index is 0.118. The number of halogens is 1. The summed E-state index contributed by atoms with van der Waals surface area (Å²) in [6.45, 7) is 0. The second kappa shape index (κ2) is 9.12. The van der Waals surface area contributed by atoms with Gasteiger partial charge < -0.3 is 20.3 Å². The topological polar surface area (TPSA) is 96.3 Å². The van der Waals surface area contributed by atoms with Crippen molar-refractivity contribution in [3.8, 4) is 11.4 Å². The number of carbonyl (C=O) groups excluding carboxylic acids is 1. The number of anilines is 2. The average molecular weight is 485 g/mol. The van der Waals surface area contributed by atoms with E-state index >= 15 is 0 Å². The molecule has 5 rings (SSSR count). The second-order valence-electron chi connectivity index (χ2n) is 8.23. The Labute approximate surface area is 206 Å². The molecule has 2 heterocycles. The van der Waals surface area contributed by atoms with Crippen molar-refractivity contribution in [2.24, 2.45) is 7.05 Å². The molecule has 0 radical (unpaired) electrons. The van der Waals surface area contributed by atoms with Crippen LogP contribution in [0.1, 0.15) is 16.7 Å². The van der Waals surface area contributed by atoms with Gasteiger partial charge in [-0.05, 0) is 53.6 Å². The van der Waals surface area contributed by atoms with Crippen molar-refractivity contribution >= 4 is 46.1 Å². The van der Waals surface area contributed by atoms with Crippen LogP contribution in [0.3, 0.4) is 0 Å². The zero-order chi connectivity index (χ0) is 24.5. The van der Waals surface area contributed by atoms with Crippen LogP contribution in [-0.2, 0) is 23.1 Å². The van der Waals surface area contributed by atoms with Crippen LogP contribution in [0.15, 0.2) is 79.1 Å². The molecule has 0 fully saturated rings. The number of hydrogen-bond acceptors (Lipinski definition) is 4. The Kier molecular flexibility index (Phi) is 5.84. The fourth-order valence-corrected chi connectivity index (χ4v) is 4.35. The minimum Gasteiger partial charge on any atom is -0.481 e. The number of aryl methyl sites for hydroxylation is 1. The molecule has 1 aliphatic rings. The van der Waals surface area contributed by atoms with Gasteiger partial charge in [0.15, 0.2) is 0 Å². The van der Waals surface area contributed by atoms with Crippen LogP contribution in [0.5, 0.6) is 0 Å². The van der Waals surface area contributed by atoms with Crippen molar-refractivity contribution < 1.29 is 14.7 Å². The molecule has 0 saturated heterocycles. The normalized spacial score (nSPS) is 13.8. The lowest BCUT2D eigenvalue weighted by atomic mass is 9.98. The number of amides is 1. The second-order valence-corrected chi connectivity index (χ2v) is 8.67. The zero-order valence-corrected chi connectivity index (χ0v) is 19.5. The van der Waals surface area contributed by atoms with E-state index in [0.29, 0.717) is 33.1 Å². The summed E-state index contributed by atoms with van der Waals surface area (Å²) in [5.74, 6) is -0.344. The Balaban J connectivity index is 1.60. The molecule has 0 bridgehead atoms.